The average Bonchev–Trinajstić information content (AvgIpc) is 3.28. The fourth-order valence-electron chi connectivity index (χ4n) is 3.04. The number of hydrogen-bond donors (Lipinski definition) is 1. The molecule has 1 N–H and O–H groups in total. The smallest absolute Gasteiger partial charge is 0.243 e. The van der Waals surface area contributed by atoms with E-state index >= 15 is 0 Å². The number of aromatic nitrogens is 3. The Labute approximate surface area is 113 Å². The molecule has 0 unspecified atom stereocenters. The standard InChI is InChI=1S/C15H20N4/c1-10-2-7-14-17-15(18-19(14)9-10)16-8-13(11-3-4-11)12-5-6-12/h2,7,9,11-13H,3-6,8H2,1H3,(H,16,18). The summed E-state index contributed by atoms with van der Waals surface area (Å²) in [5.41, 5.74) is 2.13. The van der Waals surface area contributed by atoms with Gasteiger partial charge in [-0.2, -0.15) is 4.98 Å². The predicted octanol–water partition coefficient (Wildman–Crippen LogP) is 2.89. The van der Waals surface area contributed by atoms with E-state index in [1.165, 1.54) is 31.2 Å². The van der Waals surface area contributed by atoms with Gasteiger partial charge in [-0.15, -0.1) is 5.10 Å². The maximum atomic E-state index is 4.53. The van der Waals surface area contributed by atoms with Crippen molar-refractivity contribution < 1.29 is 0 Å². The molecule has 4 heteroatoms. The first-order chi connectivity index (χ1) is 9.29. The number of hydrogen-bond acceptors (Lipinski definition) is 3. The monoisotopic (exact) mass is 256 g/mol. The van der Waals surface area contributed by atoms with Crippen LogP contribution < -0.4 is 5.32 Å². The number of pyridine rings is 1. The molecule has 2 aromatic heterocycles. The van der Waals surface area contributed by atoms with Gasteiger partial charge in [0.15, 0.2) is 5.65 Å². The molecule has 0 aliphatic heterocycles. The quantitative estimate of drug-likeness (QED) is 0.894. The Balaban J connectivity index is 1.48. The molecule has 2 saturated carbocycles. The van der Waals surface area contributed by atoms with E-state index in [1.54, 1.807) is 0 Å². The van der Waals surface area contributed by atoms with E-state index in [1.807, 2.05) is 16.8 Å². The Morgan fingerprint density at radius 3 is 2.68 bits per heavy atom. The van der Waals surface area contributed by atoms with Crippen molar-refractivity contribution in [2.24, 2.45) is 17.8 Å². The van der Waals surface area contributed by atoms with Gasteiger partial charge in [0.05, 0.1) is 0 Å². The lowest BCUT2D eigenvalue weighted by molar-refractivity contribution is 0.427. The SMILES string of the molecule is Cc1ccc2nc(NCC(C3CC3)C3CC3)nn2c1. The average molecular weight is 256 g/mol. The lowest BCUT2D eigenvalue weighted by Gasteiger charge is -2.14. The fraction of sp³-hybridized carbons (Fsp3) is 0.600. The number of nitrogens with one attached hydrogen (secondary N) is 1. The summed E-state index contributed by atoms with van der Waals surface area (Å²) >= 11 is 0. The summed E-state index contributed by atoms with van der Waals surface area (Å²) in [6, 6.07) is 4.10. The van der Waals surface area contributed by atoms with Gasteiger partial charge in [0.1, 0.15) is 0 Å². The number of rotatable bonds is 5. The minimum absolute atomic E-state index is 0.775. The Morgan fingerprint density at radius 1 is 1.26 bits per heavy atom. The van der Waals surface area contributed by atoms with E-state index in [-0.39, 0.29) is 0 Å². The summed E-state index contributed by atoms with van der Waals surface area (Å²) < 4.78 is 1.86. The molecule has 0 bridgehead atoms. The van der Waals surface area contributed by atoms with Crippen molar-refractivity contribution in [3.63, 3.8) is 0 Å². The van der Waals surface area contributed by atoms with Crippen LogP contribution in [0.5, 0.6) is 0 Å². The second-order valence-corrected chi connectivity index (χ2v) is 6.16. The van der Waals surface area contributed by atoms with Crippen LogP contribution in [0.25, 0.3) is 5.65 Å². The van der Waals surface area contributed by atoms with Crippen molar-refractivity contribution in [3.8, 4) is 0 Å². The summed E-state index contributed by atoms with van der Waals surface area (Å²) in [4.78, 5) is 4.53. The molecule has 100 valence electrons. The lowest BCUT2D eigenvalue weighted by Crippen LogP contribution is -2.18. The minimum atomic E-state index is 0.775. The van der Waals surface area contributed by atoms with Gasteiger partial charge in [-0.25, -0.2) is 4.52 Å². The molecule has 2 aliphatic rings. The van der Waals surface area contributed by atoms with Crippen LogP contribution in [-0.4, -0.2) is 21.1 Å². The second-order valence-electron chi connectivity index (χ2n) is 6.16. The Bertz CT molecular complexity index is 583. The van der Waals surface area contributed by atoms with Gasteiger partial charge in [0.2, 0.25) is 5.95 Å². The van der Waals surface area contributed by atoms with Crippen LogP contribution in [0.2, 0.25) is 0 Å². The van der Waals surface area contributed by atoms with Gasteiger partial charge >= 0.3 is 0 Å². The zero-order chi connectivity index (χ0) is 12.8. The van der Waals surface area contributed by atoms with Gasteiger partial charge < -0.3 is 5.32 Å². The van der Waals surface area contributed by atoms with Gasteiger partial charge in [-0.1, -0.05) is 6.07 Å². The molecule has 4 rings (SSSR count). The number of fused-ring (bicyclic) bond motifs is 1. The van der Waals surface area contributed by atoms with Crippen LogP contribution in [0.15, 0.2) is 18.3 Å². The third kappa shape index (κ3) is 2.31. The van der Waals surface area contributed by atoms with E-state index in [9.17, 15) is 0 Å². The maximum absolute atomic E-state index is 4.53. The first kappa shape index (κ1) is 11.3. The highest BCUT2D eigenvalue weighted by Gasteiger charge is 2.41. The number of anilines is 1. The summed E-state index contributed by atoms with van der Waals surface area (Å²) in [6.07, 6.45) is 7.75. The van der Waals surface area contributed by atoms with Gasteiger partial charge in [0.25, 0.3) is 0 Å². The van der Waals surface area contributed by atoms with Crippen LogP contribution >= 0.6 is 0 Å². The van der Waals surface area contributed by atoms with E-state index in [2.05, 4.69) is 28.4 Å². The summed E-state index contributed by atoms with van der Waals surface area (Å²) in [5, 5.41) is 7.95. The molecule has 4 nitrogen and oxygen atoms in total. The molecule has 0 spiro atoms. The molecule has 0 atom stereocenters. The van der Waals surface area contributed by atoms with Crippen LogP contribution in [-0.2, 0) is 0 Å². The molecule has 2 fully saturated rings. The fourth-order valence-corrected chi connectivity index (χ4v) is 3.04. The van der Waals surface area contributed by atoms with Crippen LogP contribution in [0.1, 0.15) is 31.2 Å². The van der Waals surface area contributed by atoms with Crippen molar-refractivity contribution in [1.29, 1.82) is 0 Å². The van der Waals surface area contributed by atoms with Crippen LogP contribution in [0.3, 0.4) is 0 Å². The zero-order valence-electron chi connectivity index (χ0n) is 11.3. The summed E-state index contributed by atoms with van der Waals surface area (Å²) in [7, 11) is 0. The molecule has 0 amide bonds. The zero-order valence-corrected chi connectivity index (χ0v) is 11.3. The van der Waals surface area contributed by atoms with E-state index in [4.69, 9.17) is 0 Å². The van der Waals surface area contributed by atoms with Gasteiger partial charge in [-0.05, 0) is 62.0 Å². The van der Waals surface area contributed by atoms with Crippen molar-refractivity contribution in [1.82, 2.24) is 14.6 Å². The normalized spacial score (nSPS) is 19.3. The van der Waals surface area contributed by atoms with Crippen molar-refractivity contribution >= 4 is 11.6 Å². The highest BCUT2D eigenvalue weighted by Crippen LogP contribution is 2.49. The third-order valence-electron chi connectivity index (χ3n) is 4.43. The Kier molecular flexibility index (Phi) is 2.50. The number of aryl methyl sites for hydroxylation is 1. The number of nitrogens with zero attached hydrogens (tertiary/aromatic N) is 3. The summed E-state index contributed by atoms with van der Waals surface area (Å²) in [6.45, 7) is 3.12. The third-order valence-corrected chi connectivity index (χ3v) is 4.43. The maximum Gasteiger partial charge on any atom is 0.243 e. The van der Waals surface area contributed by atoms with E-state index in [0.29, 0.717) is 0 Å². The molecule has 0 aromatic carbocycles. The molecule has 0 saturated heterocycles. The molecule has 2 aromatic rings. The summed E-state index contributed by atoms with van der Waals surface area (Å²) in [5.74, 6) is 3.57. The van der Waals surface area contributed by atoms with Crippen LogP contribution in [0, 0.1) is 24.7 Å². The van der Waals surface area contributed by atoms with E-state index < -0.39 is 0 Å². The molecule has 19 heavy (non-hydrogen) atoms. The molecule has 2 heterocycles. The second kappa shape index (κ2) is 4.22. The largest absolute Gasteiger partial charge is 0.353 e. The molecular weight excluding hydrogens is 236 g/mol. The highest BCUT2D eigenvalue weighted by molar-refractivity contribution is 5.44. The Hall–Kier alpha value is -1.58. The minimum Gasteiger partial charge on any atom is -0.353 e. The van der Waals surface area contributed by atoms with Crippen molar-refractivity contribution in [2.75, 3.05) is 11.9 Å². The first-order valence-corrected chi connectivity index (χ1v) is 7.36. The Morgan fingerprint density at radius 2 is 2.00 bits per heavy atom. The van der Waals surface area contributed by atoms with Crippen molar-refractivity contribution in [2.45, 2.75) is 32.6 Å². The molecule has 2 aliphatic carbocycles. The van der Waals surface area contributed by atoms with Crippen molar-refractivity contribution in [3.05, 3.63) is 23.9 Å². The predicted molar refractivity (Wildman–Crippen MR) is 75.2 cm³/mol. The first-order valence-electron chi connectivity index (χ1n) is 7.36. The van der Waals surface area contributed by atoms with Gasteiger partial charge in [0, 0.05) is 12.7 Å². The van der Waals surface area contributed by atoms with E-state index in [0.717, 1.165) is 35.9 Å². The topological polar surface area (TPSA) is 42.2 Å². The van der Waals surface area contributed by atoms with Gasteiger partial charge in [-0.3, -0.25) is 0 Å². The molecule has 0 radical (unpaired) electrons. The highest BCUT2D eigenvalue weighted by atomic mass is 15.3. The molecular formula is C15H20N4. The van der Waals surface area contributed by atoms with Crippen LogP contribution in [0.4, 0.5) is 5.95 Å². The lowest BCUT2D eigenvalue weighted by atomic mass is 9.98.